The van der Waals surface area contributed by atoms with Crippen LogP contribution in [0.1, 0.15) is 29.9 Å². The highest BCUT2D eigenvalue weighted by Crippen LogP contribution is 2.29. The lowest BCUT2D eigenvalue weighted by Crippen LogP contribution is -2.41. The van der Waals surface area contributed by atoms with Gasteiger partial charge in [0.25, 0.3) is 11.6 Å². The minimum absolute atomic E-state index is 0.0505. The number of amides is 1. The summed E-state index contributed by atoms with van der Waals surface area (Å²) in [5.41, 5.74) is -0.0505. The SMILES string of the molecule is CC(C)C[C@H](NC(=O)c1cc2cc([N+](=O)[O-])ccc2s1)C(=O)O. The van der Waals surface area contributed by atoms with E-state index in [4.69, 9.17) is 5.11 Å². The average Bonchev–Trinajstić information content (AvgIpc) is 2.88. The van der Waals surface area contributed by atoms with Gasteiger partial charge in [-0.3, -0.25) is 14.9 Å². The van der Waals surface area contributed by atoms with Crippen molar-refractivity contribution in [2.75, 3.05) is 0 Å². The molecule has 2 aromatic rings. The Labute approximate surface area is 136 Å². The third-order valence-corrected chi connectivity index (χ3v) is 4.36. The monoisotopic (exact) mass is 336 g/mol. The summed E-state index contributed by atoms with van der Waals surface area (Å²) in [6, 6.07) is 4.93. The van der Waals surface area contributed by atoms with Crippen LogP contribution in [-0.4, -0.2) is 27.9 Å². The Bertz CT molecular complexity index is 768. The van der Waals surface area contributed by atoms with Gasteiger partial charge in [-0.25, -0.2) is 4.79 Å². The largest absolute Gasteiger partial charge is 0.480 e. The number of carbonyl (C=O) groups is 2. The second-order valence-electron chi connectivity index (χ2n) is 5.58. The van der Waals surface area contributed by atoms with E-state index in [1.807, 2.05) is 13.8 Å². The molecule has 0 saturated carbocycles. The Morgan fingerprint density at radius 3 is 2.61 bits per heavy atom. The van der Waals surface area contributed by atoms with E-state index in [0.717, 1.165) is 4.70 Å². The lowest BCUT2D eigenvalue weighted by atomic mass is 10.0. The fourth-order valence-electron chi connectivity index (χ4n) is 2.18. The van der Waals surface area contributed by atoms with Gasteiger partial charge in [0, 0.05) is 22.2 Å². The van der Waals surface area contributed by atoms with E-state index < -0.39 is 22.8 Å². The number of nitro benzene ring substituents is 1. The predicted octanol–water partition coefficient (Wildman–Crippen LogP) is 3.04. The van der Waals surface area contributed by atoms with Gasteiger partial charge in [-0.05, 0) is 24.5 Å². The van der Waals surface area contributed by atoms with Crippen molar-refractivity contribution in [3.63, 3.8) is 0 Å². The summed E-state index contributed by atoms with van der Waals surface area (Å²) < 4.78 is 0.733. The molecule has 2 N–H and O–H groups in total. The van der Waals surface area contributed by atoms with Crippen molar-refractivity contribution in [2.45, 2.75) is 26.3 Å². The summed E-state index contributed by atoms with van der Waals surface area (Å²) in [5, 5.41) is 23.0. The van der Waals surface area contributed by atoms with Crippen LogP contribution < -0.4 is 5.32 Å². The highest BCUT2D eigenvalue weighted by molar-refractivity contribution is 7.20. The van der Waals surface area contributed by atoms with E-state index in [-0.39, 0.29) is 11.6 Å². The Morgan fingerprint density at radius 1 is 1.35 bits per heavy atom. The molecule has 8 heteroatoms. The lowest BCUT2D eigenvalue weighted by Gasteiger charge is -2.15. The molecule has 1 atom stereocenters. The first-order chi connectivity index (χ1) is 10.8. The Hall–Kier alpha value is -2.48. The van der Waals surface area contributed by atoms with Gasteiger partial charge in [-0.15, -0.1) is 11.3 Å². The highest BCUT2D eigenvalue weighted by atomic mass is 32.1. The molecule has 0 aliphatic rings. The first-order valence-corrected chi connectivity index (χ1v) is 7.81. The lowest BCUT2D eigenvalue weighted by molar-refractivity contribution is -0.384. The minimum Gasteiger partial charge on any atom is -0.480 e. The third-order valence-electron chi connectivity index (χ3n) is 3.25. The predicted molar refractivity (Wildman–Crippen MR) is 86.8 cm³/mol. The van der Waals surface area contributed by atoms with Gasteiger partial charge in [-0.2, -0.15) is 0 Å². The second-order valence-corrected chi connectivity index (χ2v) is 6.67. The van der Waals surface area contributed by atoms with Gasteiger partial charge in [-0.1, -0.05) is 13.8 Å². The molecule has 0 fully saturated rings. The number of hydrogen-bond donors (Lipinski definition) is 2. The molecule has 0 saturated heterocycles. The van der Waals surface area contributed by atoms with Crippen molar-refractivity contribution < 1.29 is 19.6 Å². The quantitative estimate of drug-likeness (QED) is 0.622. The van der Waals surface area contributed by atoms with E-state index in [1.165, 1.54) is 29.5 Å². The maximum atomic E-state index is 12.2. The topological polar surface area (TPSA) is 110 Å². The maximum absolute atomic E-state index is 12.2. The Balaban J connectivity index is 2.23. The van der Waals surface area contributed by atoms with Crippen molar-refractivity contribution >= 4 is 39.0 Å². The summed E-state index contributed by atoms with van der Waals surface area (Å²) in [7, 11) is 0. The standard InChI is InChI=1S/C15H16N2O5S/c1-8(2)5-11(15(19)20)16-14(18)13-7-9-6-10(17(21)22)3-4-12(9)23-13/h3-4,6-8,11H,5H2,1-2H3,(H,16,18)(H,19,20)/t11-/m0/s1. The summed E-state index contributed by atoms with van der Waals surface area (Å²) in [5.74, 6) is -1.44. The first-order valence-electron chi connectivity index (χ1n) is 6.99. The van der Waals surface area contributed by atoms with Crippen LogP contribution in [0.5, 0.6) is 0 Å². The summed E-state index contributed by atoms with van der Waals surface area (Å²) in [4.78, 5) is 34.0. The zero-order valence-corrected chi connectivity index (χ0v) is 13.4. The van der Waals surface area contributed by atoms with Crippen molar-refractivity contribution in [1.29, 1.82) is 0 Å². The number of nitro groups is 1. The fourth-order valence-corrected chi connectivity index (χ4v) is 3.12. The molecular weight excluding hydrogens is 320 g/mol. The molecule has 0 spiro atoms. The molecule has 0 unspecified atom stereocenters. The van der Waals surface area contributed by atoms with Gasteiger partial charge in [0.15, 0.2) is 0 Å². The van der Waals surface area contributed by atoms with Gasteiger partial charge in [0.05, 0.1) is 9.80 Å². The van der Waals surface area contributed by atoms with Crippen LogP contribution in [0.4, 0.5) is 5.69 Å². The van der Waals surface area contributed by atoms with Crippen LogP contribution in [-0.2, 0) is 4.79 Å². The smallest absolute Gasteiger partial charge is 0.326 e. The van der Waals surface area contributed by atoms with Crippen LogP contribution in [0, 0.1) is 16.0 Å². The van der Waals surface area contributed by atoms with Crippen molar-refractivity contribution in [1.82, 2.24) is 5.32 Å². The van der Waals surface area contributed by atoms with Gasteiger partial charge >= 0.3 is 5.97 Å². The van der Waals surface area contributed by atoms with E-state index in [1.54, 1.807) is 6.07 Å². The number of hydrogen-bond acceptors (Lipinski definition) is 5. The van der Waals surface area contributed by atoms with Gasteiger partial charge in [0.1, 0.15) is 6.04 Å². The Morgan fingerprint density at radius 2 is 2.04 bits per heavy atom. The van der Waals surface area contributed by atoms with E-state index in [9.17, 15) is 19.7 Å². The van der Waals surface area contributed by atoms with Crippen LogP contribution in [0.25, 0.3) is 10.1 Å². The van der Waals surface area contributed by atoms with Gasteiger partial charge in [0.2, 0.25) is 0 Å². The number of aliphatic carboxylic acids is 1. The van der Waals surface area contributed by atoms with E-state index >= 15 is 0 Å². The second kappa shape index (κ2) is 6.74. The number of thiophene rings is 1. The van der Waals surface area contributed by atoms with Crippen molar-refractivity contribution in [2.24, 2.45) is 5.92 Å². The molecule has 1 heterocycles. The number of nitrogens with one attached hydrogen (secondary N) is 1. The molecule has 7 nitrogen and oxygen atoms in total. The molecular formula is C15H16N2O5S. The summed E-state index contributed by atoms with van der Waals surface area (Å²) >= 11 is 1.17. The molecule has 2 rings (SSSR count). The summed E-state index contributed by atoms with van der Waals surface area (Å²) in [6.45, 7) is 3.75. The number of carbonyl (C=O) groups excluding carboxylic acids is 1. The van der Waals surface area contributed by atoms with Crippen LogP contribution >= 0.6 is 11.3 Å². The van der Waals surface area contributed by atoms with E-state index in [2.05, 4.69) is 5.32 Å². The average molecular weight is 336 g/mol. The number of nitrogens with zero attached hydrogens (tertiary/aromatic N) is 1. The third kappa shape index (κ3) is 4.04. The number of carboxylic acid groups (broad SMARTS) is 1. The number of non-ortho nitro benzene ring substituents is 1. The van der Waals surface area contributed by atoms with Gasteiger partial charge < -0.3 is 10.4 Å². The number of carboxylic acids is 1. The zero-order valence-electron chi connectivity index (χ0n) is 12.6. The molecule has 0 aliphatic carbocycles. The molecule has 1 aromatic carbocycles. The van der Waals surface area contributed by atoms with E-state index in [0.29, 0.717) is 16.7 Å². The number of benzene rings is 1. The minimum atomic E-state index is -1.08. The van der Waals surface area contributed by atoms with Crippen molar-refractivity contribution in [3.05, 3.63) is 39.3 Å². The molecule has 1 amide bonds. The molecule has 23 heavy (non-hydrogen) atoms. The highest BCUT2D eigenvalue weighted by Gasteiger charge is 2.23. The number of rotatable bonds is 6. The molecule has 0 aliphatic heterocycles. The maximum Gasteiger partial charge on any atom is 0.326 e. The first kappa shape index (κ1) is 16.9. The zero-order chi connectivity index (χ0) is 17.1. The fraction of sp³-hybridized carbons (Fsp3) is 0.333. The Kier molecular flexibility index (Phi) is 4.95. The van der Waals surface area contributed by atoms with Crippen LogP contribution in [0.3, 0.4) is 0 Å². The number of fused-ring (bicyclic) bond motifs is 1. The summed E-state index contributed by atoms with van der Waals surface area (Å²) in [6.07, 6.45) is 0.331. The normalized spacial score (nSPS) is 12.3. The van der Waals surface area contributed by atoms with Crippen LogP contribution in [0.2, 0.25) is 0 Å². The molecule has 0 bridgehead atoms. The molecule has 122 valence electrons. The molecule has 0 radical (unpaired) electrons. The van der Waals surface area contributed by atoms with Crippen LogP contribution in [0.15, 0.2) is 24.3 Å². The molecule has 1 aromatic heterocycles. The van der Waals surface area contributed by atoms with Crippen molar-refractivity contribution in [3.8, 4) is 0 Å².